The van der Waals surface area contributed by atoms with Crippen LogP contribution in [0.3, 0.4) is 0 Å². The molecule has 0 bridgehead atoms. The number of aromatic nitrogens is 8. The predicted octanol–water partition coefficient (Wildman–Crippen LogP) is 3.89. The van der Waals surface area contributed by atoms with Crippen LogP contribution in [0.4, 0.5) is 0 Å². The molecule has 4 rings (SSSR count). The lowest BCUT2D eigenvalue weighted by molar-refractivity contribution is 0.0971. The third-order valence-electron chi connectivity index (χ3n) is 5.20. The van der Waals surface area contributed by atoms with E-state index in [1.165, 1.54) is 0 Å². The number of Topliss-reactive ketones (excluding diaryl/α,β-unsaturated/α-hetero) is 1. The second-order valence-electron chi connectivity index (χ2n) is 7.62. The van der Waals surface area contributed by atoms with Crippen molar-refractivity contribution in [1.29, 1.82) is 0 Å². The molecule has 9 heteroatoms. The van der Waals surface area contributed by atoms with Gasteiger partial charge in [-0.2, -0.15) is 0 Å². The van der Waals surface area contributed by atoms with Crippen molar-refractivity contribution in [2.24, 2.45) is 0 Å². The zero-order chi connectivity index (χ0) is 22.3. The Hall–Kier alpha value is -3.75. The van der Waals surface area contributed by atoms with E-state index in [1.54, 1.807) is 6.20 Å². The molecule has 1 N–H and O–H groups in total. The van der Waals surface area contributed by atoms with Crippen LogP contribution >= 0.6 is 0 Å². The lowest BCUT2D eigenvalue weighted by Crippen LogP contribution is -2.07. The zero-order valence-electron chi connectivity index (χ0n) is 18.3. The molecule has 0 aliphatic heterocycles. The Bertz CT molecular complexity index is 1170. The number of carbonyl (C=O) groups is 1. The fraction of sp³-hybridized carbons (Fsp3) is 0.348. The molecule has 1 aromatic carbocycles. The Morgan fingerprint density at radius 2 is 1.94 bits per heavy atom. The molecule has 0 atom stereocenters. The van der Waals surface area contributed by atoms with Crippen LogP contribution in [0.5, 0.6) is 0 Å². The lowest BCUT2D eigenvalue weighted by Gasteiger charge is -2.08. The molecule has 0 radical (unpaired) electrons. The maximum Gasteiger partial charge on any atom is 0.217 e. The normalized spacial score (nSPS) is 11.1. The summed E-state index contributed by atoms with van der Waals surface area (Å²) in [4.78, 5) is 21.4. The quantitative estimate of drug-likeness (QED) is 0.379. The second-order valence-corrected chi connectivity index (χ2v) is 7.62. The predicted molar refractivity (Wildman–Crippen MR) is 120 cm³/mol. The molecule has 9 nitrogen and oxygen atoms in total. The first-order valence-electron chi connectivity index (χ1n) is 10.9. The molecule has 32 heavy (non-hydrogen) atoms. The molecule has 4 aromatic rings. The number of pyridine rings is 1. The minimum Gasteiger partial charge on any atom is -0.291 e. The largest absolute Gasteiger partial charge is 0.291 e. The number of nitrogens with one attached hydrogen (secondary N) is 1. The van der Waals surface area contributed by atoms with E-state index in [9.17, 15) is 4.79 Å². The van der Waals surface area contributed by atoms with Crippen molar-refractivity contribution in [2.45, 2.75) is 52.5 Å². The Morgan fingerprint density at radius 3 is 2.66 bits per heavy atom. The number of H-pyrrole nitrogens is 1. The van der Waals surface area contributed by atoms with Gasteiger partial charge in [0.2, 0.25) is 11.6 Å². The number of aromatic amines is 1. The SMILES string of the molecule is CCCCn1nc(C(=O)CCC)nc1Cc1ccc(-c2ncccc2-c2nnn[nH]2)cc1. The van der Waals surface area contributed by atoms with E-state index in [4.69, 9.17) is 0 Å². The van der Waals surface area contributed by atoms with Crippen LogP contribution in [0.1, 0.15) is 61.5 Å². The maximum absolute atomic E-state index is 12.3. The maximum atomic E-state index is 12.3. The van der Waals surface area contributed by atoms with Gasteiger partial charge in [-0.25, -0.2) is 14.8 Å². The van der Waals surface area contributed by atoms with Crippen LogP contribution in [-0.4, -0.2) is 46.2 Å². The first-order chi connectivity index (χ1) is 15.7. The number of carbonyl (C=O) groups excluding carboxylic acids is 1. The Morgan fingerprint density at radius 1 is 1.09 bits per heavy atom. The van der Waals surface area contributed by atoms with E-state index < -0.39 is 0 Å². The summed E-state index contributed by atoms with van der Waals surface area (Å²) in [5, 5.41) is 18.6. The number of ketones is 1. The van der Waals surface area contributed by atoms with Crippen LogP contribution in [0.2, 0.25) is 0 Å². The number of unbranched alkanes of at least 4 members (excludes halogenated alkanes) is 1. The summed E-state index contributed by atoms with van der Waals surface area (Å²) in [6, 6.07) is 12.0. The number of nitrogens with zero attached hydrogens (tertiary/aromatic N) is 7. The van der Waals surface area contributed by atoms with Gasteiger partial charge in [0.25, 0.3) is 0 Å². The Labute approximate surface area is 186 Å². The molecule has 3 heterocycles. The molecular formula is C23H26N8O. The van der Waals surface area contributed by atoms with Crippen molar-refractivity contribution in [3.05, 3.63) is 59.8 Å². The molecule has 0 amide bonds. The van der Waals surface area contributed by atoms with Gasteiger partial charge in [0.05, 0.1) is 5.69 Å². The molecule has 0 spiro atoms. The molecule has 0 aliphatic carbocycles. The van der Waals surface area contributed by atoms with E-state index in [2.05, 4.69) is 54.7 Å². The van der Waals surface area contributed by atoms with Crippen LogP contribution in [-0.2, 0) is 13.0 Å². The van der Waals surface area contributed by atoms with Gasteiger partial charge in [-0.3, -0.25) is 9.78 Å². The van der Waals surface area contributed by atoms with Crippen LogP contribution in [0.15, 0.2) is 42.6 Å². The Balaban J connectivity index is 1.58. The van der Waals surface area contributed by atoms with E-state index in [-0.39, 0.29) is 5.78 Å². The molecular weight excluding hydrogens is 404 g/mol. The molecule has 0 saturated carbocycles. The molecule has 0 aliphatic rings. The van der Waals surface area contributed by atoms with Crippen molar-refractivity contribution < 1.29 is 4.79 Å². The van der Waals surface area contributed by atoms with Gasteiger partial charge in [-0.15, -0.1) is 10.2 Å². The van der Waals surface area contributed by atoms with Gasteiger partial charge in [-0.1, -0.05) is 44.5 Å². The smallest absolute Gasteiger partial charge is 0.217 e. The fourth-order valence-electron chi connectivity index (χ4n) is 3.51. The van der Waals surface area contributed by atoms with E-state index in [0.29, 0.717) is 24.5 Å². The first kappa shape index (κ1) is 21.5. The third kappa shape index (κ3) is 4.77. The molecule has 0 unspecified atom stereocenters. The van der Waals surface area contributed by atoms with Gasteiger partial charge >= 0.3 is 0 Å². The van der Waals surface area contributed by atoms with Gasteiger partial charge in [-0.05, 0) is 41.0 Å². The zero-order valence-corrected chi connectivity index (χ0v) is 18.3. The summed E-state index contributed by atoms with van der Waals surface area (Å²) in [5.74, 6) is 1.72. The third-order valence-corrected chi connectivity index (χ3v) is 5.20. The number of hydrogen-bond acceptors (Lipinski definition) is 7. The van der Waals surface area contributed by atoms with Crippen molar-refractivity contribution in [2.75, 3.05) is 0 Å². The van der Waals surface area contributed by atoms with Gasteiger partial charge in [0.15, 0.2) is 5.82 Å². The number of benzene rings is 1. The van der Waals surface area contributed by atoms with Gasteiger partial charge < -0.3 is 0 Å². The Kier molecular flexibility index (Phi) is 6.74. The fourth-order valence-corrected chi connectivity index (χ4v) is 3.51. The topological polar surface area (TPSA) is 115 Å². The molecule has 0 fully saturated rings. The van der Waals surface area contributed by atoms with Crippen molar-refractivity contribution in [1.82, 2.24) is 40.4 Å². The van der Waals surface area contributed by atoms with E-state index in [0.717, 1.165) is 54.0 Å². The summed E-state index contributed by atoms with van der Waals surface area (Å²) in [5.41, 5.74) is 3.69. The highest BCUT2D eigenvalue weighted by Gasteiger charge is 2.16. The average Bonchev–Trinajstić information content (AvgIpc) is 3.49. The minimum absolute atomic E-state index is 0.00364. The number of aryl methyl sites for hydroxylation is 1. The molecule has 164 valence electrons. The number of tetrazole rings is 1. The number of hydrogen-bond donors (Lipinski definition) is 1. The van der Waals surface area contributed by atoms with E-state index >= 15 is 0 Å². The van der Waals surface area contributed by atoms with Gasteiger partial charge in [0, 0.05) is 36.7 Å². The van der Waals surface area contributed by atoms with Crippen LogP contribution in [0.25, 0.3) is 22.6 Å². The van der Waals surface area contributed by atoms with Crippen molar-refractivity contribution in [3.8, 4) is 22.6 Å². The lowest BCUT2D eigenvalue weighted by atomic mass is 10.0. The number of rotatable bonds is 10. The summed E-state index contributed by atoms with van der Waals surface area (Å²) in [7, 11) is 0. The monoisotopic (exact) mass is 430 g/mol. The van der Waals surface area contributed by atoms with E-state index in [1.807, 2.05) is 35.9 Å². The highest BCUT2D eigenvalue weighted by Crippen LogP contribution is 2.27. The standard InChI is InChI=1S/C23H26N8O/c1-3-5-14-31-20(25-23(28-31)19(32)7-4-2)15-16-9-11-17(12-10-16)21-18(8-6-13-24-21)22-26-29-30-27-22/h6,8-13H,3-5,7,14-15H2,1-2H3,(H,26,27,29,30). The minimum atomic E-state index is 0.00364. The highest BCUT2D eigenvalue weighted by molar-refractivity contribution is 5.92. The second kappa shape index (κ2) is 10.0. The summed E-state index contributed by atoms with van der Waals surface area (Å²) >= 11 is 0. The van der Waals surface area contributed by atoms with Crippen LogP contribution < -0.4 is 0 Å². The van der Waals surface area contributed by atoms with Crippen LogP contribution in [0, 0.1) is 0 Å². The van der Waals surface area contributed by atoms with Crippen molar-refractivity contribution in [3.63, 3.8) is 0 Å². The first-order valence-corrected chi connectivity index (χ1v) is 10.9. The summed E-state index contributed by atoms with van der Waals surface area (Å²) < 4.78 is 1.88. The molecule has 0 saturated heterocycles. The van der Waals surface area contributed by atoms with Gasteiger partial charge in [0.1, 0.15) is 5.82 Å². The van der Waals surface area contributed by atoms with Crippen molar-refractivity contribution >= 4 is 5.78 Å². The summed E-state index contributed by atoms with van der Waals surface area (Å²) in [6.45, 7) is 4.89. The summed E-state index contributed by atoms with van der Waals surface area (Å²) in [6.07, 6.45) is 5.67. The highest BCUT2D eigenvalue weighted by atomic mass is 16.1. The average molecular weight is 431 g/mol. The molecule has 3 aromatic heterocycles.